The highest BCUT2D eigenvalue weighted by Gasteiger charge is 2.24. The van der Waals surface area contributed by atoms with Crippen LogP contribution in [0.5, 0.6) is 5.75 Å². The minimum absolute atomic E-state index is 0.187. The summed E-state index contributed by atoms with van der Waals surface area (Å²) in [6, 6.07) is 8.27. The normalized spacial score (nSPS) is 18.4. The molecule has 0 bridgehead atoms. The minimum Gasteiger partial charge on any atom is -0.485 e. The number of aliphatic hydroxyl groups is 1. The molecule has 1 saturated heterocycles. The van der Waals surface area contributed by atoms with Crippen molar-refractivity contribution in [3.8, 4) is 5.75 Å². The number of β-amino-alcohol motifs (C(OH)–C–C–N with tert-alkyl or cyclic N) is 1. The maximum atomic E-state index is 13.3. The molecule has 3 N–H and O–H groups in total. The van der Waals surface area contributed by atoms with E-state index in [1.54, 1.807) is 0 Å². The number of aliphatic hydroxyl groups excluding tert-OH is 1. The molecular formula is C33H45N7O4. The number of carbonyl (C=O) groups is 1. The monoisotopic (exact) mass is 603 g/mol. The van der Waals surface area contributed by atoms with Crippen LogP contribution in [-0.2, 0) is 19.6 Å². The van der Waals surface area contributed by atoms with E-state index < -0.39 is 6.10 Å². The number of pyridine rings is 1. The summed E-state index contributed by atoms with van der Waals surface area (Å²) in [5, 5.41) is 17.4. The lowest BCUT2D eigenvalue weighted by atomic mass is 9.93. The van der Waals surface area contributed by atoms with Crippen molar-refractivity contribution < 1.29 is 19.1 Å². The van der Waals surface area contributed by atoms with Crippen LogP contribution in [0.2, 0.25) is 0 Å². The number of fused-ring (bicyclic) bond motifs is 1. The van der Waals surface area contributed by atoms with Crippen LogP contribution in [0.1, 0.15) is 57.8 Å². The van der Waals surface area contributed by atoms with Crippen molar-refractivity contribution in [2.75, 3.05) is 63.1 Å². The van der Waals surface area contributed by atoms with Crippen molar-refractivity contribution in [3.05, 3.63) is 64.4 Å². The number of ether oxygens (including phenoxy) is 1. The fraction of sp³-hybridized carbons (Fsp3) is 0.545. The lowest BCUT2D eigenvalue weighted by Crippen LogP contribution is -2.45. The molecule has 1 atom stereocenters. The van der Waals surface area contributed by atoms with E-state index in [1.807, 2.05) is 25.1 Å². The van der Waals surface area contributed by atoms with Gasteiger partial charge in [-0.1, -0.05) is 6.07 Å². The Morgan fingerprint density at radius 1 is 1.16 bits per heavy atom. The number of hydrogen-bond acceptors (Lipinski definition) is 10. The molecule has 0 radical (unpaired) electrons. The van der Waals surface area contributed by atoms with Crippen molar-refractivity contribution in [3.63, 3.8) is 0 Å². The molecule has 0 spiro atoms. The highest BCUT2D eigenvalue weighted by atomic mass is 16.5. The number of oxazole rings is 1. The van der Waals surface area contributed by atoms with E-state index in [1.165, 1.54) is 23.9 Å². The Bertz CT molecular complexity index is 1450. The Balaban J connectivity index is 1.03. The van der Waals surface area contributed by atoms with Crippen LogP contribution >= 0.6 is 0 Å². The first kappa shape index (κ1) is 30.4. The topological polar surface area (TPSA) is 119 Å². The van der Waals surface area contributed by atoms with Crippen LogP contribution < -0.4 is 20.3 Å². The predicted octanol–water partition coefficient (Wildman–Crippen LogP) is 3.13. The average molecular weight is 604 g/mol. The van der Waals surface area contributed by atoms with Gasteiger partial charge in [-0.05, 0) is 81.5 Å². The van der Waals surface area contributed by atoms with Gasteiger partial charge in [-0.15, -0.1) is 0 Å². The number of carbonyl (C=O) groups excluding carboxylic acids is 1. The van der Waals surface area contributed by atoms with Gasteiger partial charge in [0.2, 0.25) is 0 Å². The van der Waals surface area contributed by atoms with Crippen LogP contribution in [0, 0.1) is 13.8 Å². The highest BCUT2D eigenvalue weighted by molar-refractivity contribution is 5.95. The zero-order valence-corrected chi connectivity index (χ0v) is 26.1. The Labute approximate surface area is 259 Å². The zero-order valence-electron chi connectivity index (χ0n) is 26.1. The van der Waals surface area contributed by atoms with E-state index in [4.69, 9.17) is 14.1 Å². The predicted molar refractivity (Wildman–Crippen MR) is 169 cm³/mol. The van der Waals surface area contributed by atoms with Gasteiger partial charge in [0, 0.05) is 64.0 Å². The molecule has 2 aliphatic heterocycles. The Hall–Kier alpha value is -3.67. The first-order valence-corrected chi connectivity index (χ1v) is 15.9. The van der Waals surface area contributed by atoms with E-state index in [9.17, 15) is 9.90 Å². The van der Waals surface area contributed by atoms with E-state index in [2.05, 4.69) is 50.4 Å². The van der Waals surface area contributed by atoms with Gasteiger partial charge in [0.25, 0.3) is 5.91 Å². The van der Waals surface area contributed by atoms with Gasteiger partial charge in [-0.2, -0.15) is 0 Å². The zero-order chi connectivity index (χ0) is 30.6. The summed E-state index contributed by atoms with van der Waals surface area (Å²) >= 11 is 0. The van der Waals surface area contributed by atoms with Crippen molar-refractivity contribution >= 4 is 17.5 Å². The number of aromatic nitrogens is 2. The van der Waals surface area contributed by atoms with Crippen LogP contribution in [-0.4, -0.2) is 95.8 Å². The molecule has 44 heavy (non-hydrogen) atoms. The second-order valence-corrected chi connectivity index (χ2v) is 12.5. The summed E-state index contributed by atoms with van der Waals surface area (Å²) in [4.78, 5) is 29.1. The van der Waals surface area contributed by atoms with Gasteiger partial charge < -0.3 is 34.7 Å². The van der Waals surface area contributed by atoms with Crippen LogP contribution in [0.15, 0.2) is 35.1 Å². The molecule has 1 amide bonds. The van der Waals surface area contributed by atoms with E-state index in [-0.39, 0.29) is 12.5 Å². The van der Waals surface area contributed by atoms with Gasteiger partial charge >= 0.3 is 0 Å². The number of amides is 1. The SMILES string of the molecule is Cc1ncoc1COc1ccc2c(c1C)CCN(CC(O)CNC(=O)c1cc(NC3CCC3)nc(N3CCN(C)CC3)c1)C2. The van der Waals surface area contributed by atoms with Crippen molar-refractivity contribution in [2.24, 2.45) is 0 Å². The van der Waals surface area contributed by atoms with Gasteiger partial charge in [-0.25, -0.2) is 9.97 Å². The summed E-state index contributed by atoms with van der Waals surface area (Å²) < 4.78 is 11.5. The number of benzene rings is 1. The highest BCUT2D eigenvalue weighted by Crippen LogP contribution is 2.30. The fourth-order valence-corrected chi connectivity index (χ4v) is 6.15. The lowest BCUT2D eigenvalue weighted by Gasteiger charge is -2.34. The summed E-state index contributed by atoms with van der Waals surface area (Å²) in [5.74, 6) is 2.98. The van der Waals surface area contributed by atoms with Crippen LogP contribution in [0.4, 0.5) is 11.6 Å². The first-order valence-electron chi connectivity index (χ1n) is 15.9. The van der Waals surface area contributed by atoms with Crippen molar-refractivity contribution in [1.29, 1.82) is 0 Å². The molecule has 2 aromatic heterocycles. The molecule has 3 aromatic rings. The Kier molecular flexibility index (Phi) is 9.34. The molecule has 6 rings (SSSR count). The molecule has 3 aliphatic rings. The number of anilines is 2. The summed E-state index contributed by atoms with van der Waals surface area (Å²) in [6.07, 6.45) is 5.13. The molecular weight excluding hydrogens is 558 g/mol. The van der Waals surface area contributed by atoms with Gasteiger partial charge in [0.15, 0.2) is 12.2 Å². The number of aryl methyl sites for hydroxylation is 1. The minimum atomic E-state index is -0.680. The molecule has 11 heteroatoms. The number of rotatable bonds is 11. The van der Waals surface area contributed by atoms with Gasteiger partial charge in [-0.3, -0.25) is 9.69 Å². The number of nitrogens with zero attached hydrogens (tertiary/aromatic N) is 5. The first-order chi connectivity index (χ1) is 21.3. The molecule has 2 fully saturated rings. The number of likely N-dealkylation sites (N-methyl/N-ethyl adjacent to an activating group) is 1. The molecule has 1 saturated carbocycles. The van der Waals surface area contributed by atoms with E-state index >= 15 is 0 Å². The Morgan fingerprint density at radius 2 is 1.98 bits per heavy atom. The molecule has 4 heterocycles. The van der Waals surface area contributed by atoms with E-state index in [0.717, 1.165) is 92.9 Å². The molecule has 236 valence electrons. The largest absolute Gasteiger partial charge is 0.485 e. The van der Waals surface area contributed by atoms with Crippen LogP contribution in [0.3, 0.4) is 0 Å². The smallest absolute Gasteiger partial charge is 0.251 e. The summed E-state index contributed by atoms with van der Waals surface area (Å²) in [6.45, 7) is 10.3. The molecule has 1 unspecified atom stereocenters. The second kappa shape index (κ2) is 13.5. The van der Waals surface area contributed by atoms with Crippen LogP contribution in [0.25, 0.3) is 0 Å². The second-order valence-electron chi connectivity index (χ2n) is 12.5. The van der Waals surface area contributed by atoms with Crippen molar-refractivity contribution in [1.82, 2.24) is 25.1 Å². The molecule has 11 nitrogen and oxygen atoms in total. The number of nitrogens with one attached hydrogen (secondary N) is 2. The van der Waals surface area contributed by atoms with Gasteiger partial charge in [0.05, 0.1) is 11.8 Å². The number of hydrogen-bond donors (Lipinski definition) is 3. The van der Waals surface area contributed by atoms with Gasteiger partial charge in [0.1, 0.15) is 24.0 Å². The Morgan fingerprint density at radius 3 is 2.70 bits per heavy atom. The third kappa shape index (κ3) is 7.17. The van der Waals surface area contributed by atoms with E-state index in [0.29, 0.717) is 24.8 Å². The third-order valence-electron chi connectivity index (χ3n) is 9.25. The standard InChI is InChI=1S/C33H45N7O4/c1-22-28-9-10-39(18-24(28)7-8-29(22)43-20-30-23(2)35-21-44-30)19-27(41)17-34-33(42)25-15-31(36-26-5-4-6-26)37-32(16-25)40-13-11-38(3)12-14-40/h7-8,15-16,21,26-27,41H,4-6,9-14,17-20H2,1-3H3,(H,34,42)(H,36,37). The maximum absolute atomic E-state index is 13.3. The number of piperazine rings is 1. The fourth-order valence-electron chi connectivity index (χ4n) is 6.15. The van der Waals surface area contributed by atoms with Crippen molar-refractivity contribution in [2.45, 2.75) is 64.8 Å². The average Bonchev–Trinajstić information content (AvgIpc) is 3.42. The lowest BCUT2D eigenvalue weighted by molar-refractivity contribution is 0.0841. The molecule has 1 aliphatic carbocycles. The third-order valence-corrected chi connectivity index (χ3v) is 9.25. The summed E-state index contributed by atoms with van der Waals surface area (Å²) in [7, 11) is 2.13. The summed E-state index contributed by atoms with van der Waals surface area (Å²) in [5.41, 5.74) is 5.10. The maximum Gasteiger partial charge on any atom is 0.251 e. The quantitative estimate of drug-likeness (QED) is 0.302. The molecule has 1 aromatic carbocycles.